The third kappa shape index (κ3) is 3.95. The molecule has 1 atom stereocenters. The monoisotopic (exact) mass is 469 g/mol. The molecule has 1 aliphatic carbocycles. The molecule has 1 unspecified atom stereocenters. The number of carboxylic acids is 1. The number of aromatic nitrogens is 1. The van der Waals surface area contributed by atoms with Crippen LogP contribution in [-0.4, -0.2) is 46.1 Å². The van der Waals surface area contributed by atoms with Gasteiger partial charge in [0, 0.05) is 31.5 Å². The van der Waals surface area contributed by atoms with Crippen LogP contribution in [0.2, 0.25) is 5.02 Å². The lowest BCUT2D eigenvalue weighted by Crippen LogP contribution is -2.24. The molecule has 0 amide bonds. The van der Waals surface area contributed by atoms with E-state index in [9.17, 15) is 19.8 Å². The number of nitrogens with zero attached hydrogens (tertiary/aromatic N) is 3. The minimum Gasteiger partial charge on any atom is -0.508 e. The molecule has 9 heteroatoms. The minimum absolute atomic E-state index is 0.0193. The third-order valence-electron chi connectivity index (χ3n) is 6.16. The van der Waals surface area contributed by atoms with Crippen LogP contribution in [0.15, 0.2) is 46.3 Å². The maximum absolute atomic E-state index is 15.2. The van der Waals surface area contributed by atoms with Crippen molar-refractivity contribution in [3.05, 3.63) is 68.7 Å². The van der Waals surface area contributed by atoms with E-state index < -0.39 is 17.2 Å². The second-order valence-electron chi connectivity index (χ2n) is 8.49. The van der Waals surface area contributed by atoms with Crippen LogP contribution in [0.5, 0.6) is 5.75 Å². The number of pyridine rings is 1. The number of hydrogen-bond acceptors (Lipinski definition) is 5. The van der Waals surface area contributed by atoms with Gasteiger partial charge in [0.2, 0.25) is 5.43 Å². The lowest BCUT2D eigenvalue weighted by Gasteiger charge is -2.23. The summed E-state index contributed by atoms with van der Waals surface area (Å²) in [5.41, 5.74) is 0.316. The fourth-order valence-electron chi connectivity index (χ4n) is 4.33. The molecule has 0 radical (unpaired) electrons. The molecule has 7 nitrogen and oxygen atoms in total. The molecule has 1 aliphatic heterocycles. The Kier molecular flexibility index (Phi) is 5.32. The number of halogens is 2. The number of benzene rings is 2. The minimum atomic E-state index is -1.34. The Hall–Kier alpha value is -3.39. The first-order valence-corrected chi connectivity index (χ1v) is 11.1. The Balaban J connectivity index is 1.51. The zero-order valence-electron chi connectivity index (χ0n) is 17.5. The van der Waals surface area contributed by atoms with Crippen molar-refractivity contribution in [3.63, 3.8) is 0 Å². The Labute approximate surface area is 193 Å². The van der Waals surface area contributed by atoms with Gasteiger partial charge in [-0.1, -0.05) is 11.6 Å². The predicted octanol–water partition coefficient (Wildman–Crippen LogP) is 4.23. The summed E-state index contributed by atoms with van der Waals surface area (Å²) in [5, 5.41) is 18.9. The van der Waals surface area contributed by atoms with E-state index in [1.165, 1.54) is 6.20 Å². The van der Waals surface area contributed by atoms with Crippen molar-refractivity contribution >= 4 is 40.4 Å². The standard InChI is InChI=1S/C24H21ClFN3O4/c25-20-21-17(23(31)18(24(32)33)12-29(21)15-3-4-15)9-19(26)22(20)28-8-7-14(11-28)27-10-13-1-5-16(30)6-2-13/h1-2,5-6,9-10,12,14-15,30H,3-4,7-8,11H2,(H,32,33). The van der Waals surface area contributed by atoms with Crippen LogP contribution in [-0.2, 0) is 0 Å². The van der Waals surface area contributed by atoms with Gasteiger partial charge in [0.05, 0.1) is 27.7 Å². The van der Waals surface area contributed by atoms with Gasteiger partial charge < -0.3 is 19.7 Å². The summed E-state index contributed by atoms with van der Waals surface area (Å²) >= 11 is 6.69. The number of carbonyl (C=O) groups is 1. The number of aromatic hydroxyl groups is 1. The van der Waals surface area contributed by atoms with Gasteiger partial charge in [-0.3, -0.25) is 9.79 Å². The molecule has 5 rings (SSSR count). The second-order valence-corrected chi connectivity index (χ2v) is 8.87. The summed E-state index contributed by atoms with van der Waals surface area (Å²) < 4.78 is 16.9. The fourth-order valence-corrected chi connectivity index (χ4v) is 4.74. The van der Waals surface area contributed by atoms with Gasteiger partial charge in [0.25, 0.3) is 0 Å². The van der Waals surface area contributed by atoms with Gasteiger partial charge in [-0.2, -0.15) is 0 Å². The summed E-state index contributed by atoms with van der Waals surface area (Å²) in [4.78, 5) is 30.7. The summed E-state index contributed by atoms with van der Waals surface area (Å²) in [5.74, 6) is -1.82. The Morgan fingerprint density at radius 3 is 2.61 bits per heavy atom. The maximum atomic E-state index is 15.2. The summed E-state index contributed by atoms with van der Waals surface area (Å²) in [6, 6.07) is 7.77. The molecule has 1 saturated carbocycles. The summed E-state index contributed by atoms with van der Waals surface area (Å²) in [6.45, 7) is 0.998. The van der Waals surface area contributed by atoms with E-state index in [0.29, 0.717) is 25.0 Å². The molecule has 0 spiro atoms. The van der Waals surface area contributed by atoms with Crippen molar-refractivity contribution in [3.8, 4) is 5.75 Å². The molecule has 1 aromatic heterocycles. The SMILES string of the molecule is O=C(O)c1cn(C2CC2)c2c(Cl)c(N3CCC(N=Cc4ccc(O)cc4)C3)c(F)cc2c1=O. The van der Waals surface area contributed by atoms with Gasteiger partial charge in [0.1, 0.15) is 17.1 Å². The molecule has 2 fully saturated rings. The first-order chi connectivity index (χ1) is 15.8. The van der Waals surface area contributed by atoms with E-state index in [1.807, 2.05) is 4.90 Å². The Bertz CT molecular complexity index is 1350. The van der Waals surface area contributed by atoms with Gasteiger partial charge in [-0.25, -0.2) is 9.18 Å². The van der Waals surface area contributed by atoms with E-state index >= 15 is 4.39 Å². The Morgan fingerprint density at radius 2 is 1.94 bits per heavy atom. The average Bonchev–Trinajstić information content (AvgIpc) is 3.52. The molecule has 0 bridgehead atoms. The van der Waals surface area contributed by atoms with Crippen molar-refractivity contribution in [1.82, 2.24) is 4.57 Å². The zero-order chi connectivity index (χ0) is 23.3. The number of fused-ring (bicyclic) bond motifs is 1. The number of hydrogen-bond donors (Lipinski definition) is 2. The van der Waals surface area contributed by atoms with Crippen molar-refractivity contribution in [2.75, 3.05) is 18.0 Å². The number of rotatable bonds is 5. The molecular weight excluding hydrogens is 449 g/mol. The lowest BCUT2D eigenvalue weighted by molar-refractivity contribution is 0.0695. The van der Waals surface area contributed by atoms with Crippen LogP contribution in [0, 0.1) is 5.82 Å². The summed E-state index contributed by atoms with van der Waals surface area (Å²) in [7, 11) is 0. The molecule has 33 heavy (non-hydrogen) atoms. The highest BCUT2D eigenvalue weighted by molar-refractivity contribution is 6.38. The topological polar surface area (TPSA) is 95.1 Å². The highest BCUT2D eigenvalue weighted by atomic mass is 35.5. The van der Waals surface area contributed by atoms with E-state index in [2.05, 4.69) is 4.99 Å². The highest BCUT2D eigenvalue weighted by Gasteiger charge is 2.32. The van der Waals surface area contributed by atoms with E-state index in [4.69, 9.17) is 11.6 Å². The predicted molar refractivity (Wildman–Crippen MR) is 125 cm³/mol. The first kappa shape index (κ1) is 21.5. The van der Waals surface area contributed by atoms with E-state index in [1.54, 1.807) is 35.0 Å². The highest BCUT2D eigenvalue weighted by Crippen LogP contribution is 2.42. The van der Waals surface area contributed by atoms with Crippen LogP contribution in [0.1, 0.15) is 41.2 Å². The Morgan fingerprint density at radius 1 is 1.21 bits per heavy atom. The van der Waals surface area contributed by atoms with Gasteiger partial charge in [-0.15, -0.1) is 0 Å². The normalized spacial score (nSPS) is 18.5. The van der Waals surface area contributed by atoms with Crippen molar-refractivity contribution in [1.29, 1.82) is 0 Å². The molecule has 2 N–H and O–H groups in total. The van der Waals surface area contributed by atoms with Crippen molar-refractivity contribution in [2.24, 2.45) is 4.99 Å². The van der Waals surface area contributed by atoms with Crippen LogP contribution in [0.25, 0.3) is 10.9 Å². The van der Waals surface area contributed by atoms with Gasteiger partial charge >= 0.3 is 5.97 Å². The number of carboxylic acid groups (broad SMARTS) is 1. The average molecular weight is 470 g/mol. The largest absolute Gasteiger partial charge is 0.508 e. The zero-order valence-corrected chi connectivity index (χ0v) is 18.3. The molecule has 2 aromatic carbocycles. The third-order valence-corrected chi connectivity index (χ3v) is 6.52. The van der Waals surface area contributed by atoms with Gasteiger partial charge in [-0.05, 0) is 55.2 Å². The molecular formula is C24H21ClFN3O4. The number of anilines is 1. The van der Waals surface area contributed by atoms with Crippen molar-refractivity contribution < 1.29 is 19.4 Å². The molecule has 2 aliphatic rings. The van der Waals surface area contributed by atoms with Crippen molar-refractivity contribution in [2.45, 2.75) is 31.3 Å². The fraction of sp³-hybridized carbons (Fsp3) is 0.292. The van der Waals surface area contributed by atoms with E-state index in [0.717, 1.165) is 24.5 Å². The van der Waals surface area contributed by atoms with Crippen LogP contribution >= 0.6 is 11.6 Å². The number of phenolic OH excluding ortho intramolecular Hbond substituents is 1. The second kappa shape index (κ2) is 8.19. The smallest absolute Gasteiger partial charge is 0.341 e. The number of phenols is 1. The number of aliphatic imine (C=N–C) groups is 1. The van der Waals surface area contributed by atoms with Crippen LogP contribution in [0.3, 0.4) is 0 Å². The summed E-state index contributed by atoms with van der Waals surface area (Å²) in [6.07, 6.45) is 5.45. The maximum Gasteiger partial charge on any atom is 0.341 e. The van der Waals surface area contributed by atoms with E-state index in [-0.39, 0.29) is 39.5 Å². The molecule has 1 saturated heterocycles. The molecule has 2 heterocycles. The first-order valence-electron chi connectivity index (χ1n) is 10.7. The number of aromatic carboxylic acids is 1. The van der Waals surface area contributed by atoms with Crippen LogP contribution < -0.4 is 10.3 Å². The lowest BCUT2D eigenvalue weighted by atomic mass is 10.1. The molecule has 3 aromatic rings. The van der Waals surface area contributed by atoms with Gasteiger partial charge in [0.15, 0.2) is 0 Å². The van der Waals surface area contributed by atoms with Crippen LogP contribution in [0.4, 0.5) is 10.1 Å². The molecule has 170 valence electrons. The quantitative estimate of drug-likeness (QED) is 0.545.